The van der Waals surface area contributed by atoms with E-state index >= 15 is 0 Å². The van der Waals surface area contributed by atoms with Crippen molar-refractivity contribution in [1.29, 1.82) is 0 Å². The SMILES string of the molecule is C=C[C@@H](C/C=C/[C@H]1CCC[C@@H]1C/C=C\CCC(O)(O)C(=O)O)CCCC. The molecule has 0 spiro atoms. The van der Waals surface area contributed by atoms with E-state index < -0.39 is 11.8 Å². The van der Waals surface area contributed by atoms with Crippen molar-refractivity contribution in [2.45, 2.75) is 76.9 Å². The Bertz CT molecular complexity index is 479. The quantitative estimate of drug-likeness (QED) is 0.323. The van der Waals surface area contributed by atoms with Crippen LogP contribution in [0.3, 0.4) is 0 Å². The highest BCUT2D eigenvalue weighted by Gasteiger charge is 2.31. The minimum Gasteiger partial charge on any atom is -0.477 e. The zero-order chi connectivity index (χ0) is 19.4. The molecule has 4 heteroatoms. The van der Waals surface area contributed by atoms with Crippen LogP contribution in [0.25, 0.3) is 0 Å². The lowest BCUT2D eigenvalue weighted by molar-refractivity contribution is -0.205. The number of hydrogen-bond donors (Lipinski definition) is 3. The van der Waals surface area contributed by atoms with Crippen LogP contribution in [0.1, 0.15) is 71.1 Å². The fourth-order valence-corrected chi connectivity index (χ4v) is 3.62. The number of unbranched alkanes of at least 4 members (excludes halogenated alkanes) is 1. The molecule has 0 bridgehead atoms. The number of rotatable bonds is 13. The summed E-state index contributed by atoms with van der Waals surface area (Å²) in [6, 6.07) is 0. The lowest BCUT2D eigenvalue weighted by atomic mass is 9.91. The Hall–Kier alpha value is -1.39. The van der Waals surface area contributed by atoms with E-state index in [9.17, 15) is 15.0 Å². The van der Waals surface area contributed by atoms with E-state index in [-0.39, 0.29) is 6.42 Å². The van der Waals surface area contributed by atoms with E-state index in [1.54, 1.807) is 0 Å². The summed E-state index contributed by atoms with van der Waals surface area (Å²) < 4.78 is 0. The maximum Gasteiger partial charge on any atom is 0.364 e. The van der Waals surface area contributed by atoms with Gasteiger partial charge < -0.3 is 15.3 Å². The normalized spacial score (nSPS) is 22.3. The number of hydrogen-bond acceptors (Lipinski definition) is 3. The zero-order valence-corrected chi connectivity index (χ0v) is 16.1. The third-order valence-electron chi connectivity index (χ3n) is 5.41. The summed E-state index contributed by atoms with van der Waals surface area (Å²) in [7, 11) is 0. The van der Waals surface area contributed by atoms with E-state index in [2.05, 4.69) is 37.8 Å². The second-order valence-corrected chi connectivity index (χ2v) is 7.52. The molecular weight excluding hydrogens is 328 g/mol. The van der Waals surface area contributed by atoms with E-state index in [1.807, 2.05) is 6.08 Å². The van der Waals surface area contributed by atoms with E-state index in [0.29, 0.717) is 24.2 Å². The van der Waals surface area contributed by atoms with Gasteiger partial charge in [0, 0.05) is 6.42 Å². The van der Waals surface area contributed by atoms with Crippen molar-refractivity contribution < 1.29 is 20.1 Å². The Morgan fingerprint density at radius 2 is 2.04 bits per heavy atom. The third kappa shape index (κ3) is 8.33. The van der Waals surface area contributed by atoms with Crippen molar-refractivity contribution in [2.75, 3.05) is 0 Å². The molecule has 0 radical (unpaired) electrons. The maximum atomic E-state index is 10.6. The molecule has 4 nitrogen and oxygen atoms in total. The molecule has 0 saturated heterocycles. The highest BCUT2D eigenvalue weighted by molar-refractivity contribution is 5.74. The fraction of sp³-hybridized carbons (Fsp3) is 0.682. The molecule has 0 aromatic heterocycles. The van der Waals surface area contributed by atoms with Crippen LogP contribution in [0.5, 0.6) is 0 Å². The van der Waals surface area contributed by atoms with Gasteiger partial charge in [-0.05, 0) is 56.3 Å². The van der Waals surface area contributed by atoms with Gasteiger partial charge in [0.1, 0.15) is 0 Å². The smallest absolute Gasteiger partial charge is 0.364 e. The van der Waals surface area contributed by atoms with Gasteiger partial charge in [-0.15, -0.1) is 6.58 Å². The lowest BCUT2D eigenvalue weighted by Gasteiger charge is -2.16. The average Bonchev–Trinajstić information content (AvgIpc) is 3.04. The highest BCUT2D eigenvalue weighted by atomic mass is 16.5. The molecular formula is C22H36O4. The van der Waals surface area contributed by atoms with Gasteiger partial charge in [-0.2, -0.15) is 0 Å². The number of aliphatic carboxylic acids is 1. The van der Waals surface area contributed by atoms with Crippen molar-refractivity contribution in [1.82, 2.24) is 0 Å². The van der Waals surface area contributed by atoms with Gasteiger partial charge in [-0.3, -0.25) is 0 Å². The summed E-state index contributed by atoms with van der Waals surface area (Å²) in [6.07, 6.45) is 20.3. The van der Waals surface area contributed by atoms with E-state index in [1.165, 1.54) is 38.5 Å². The summed E-state index contributed by atoms with van der Waals surface area (Å²) in [5, 5.41) is 27.2. The van der Waals surface area contributed by atoms with Crippen LogP contribution in [-0.2, 0) is 4.79 Å². The Morgan fingerprint density at radius 3 is 2.69 bits per heavy atom. The van der Waals surface area contributed by atoms with Crippen LogP contribution in [0, 0.1) is 17.8 Å². The molecule has 148 valence electrons. The van der Waals surface area contributed by atoms with Crippen LogP contribution in [-0.4, -0.2) is 27.1 Å². The Morgan fingerprint density at radius 1 is 1.27 bits per heavy atom. The molecule has 1 aliphatic rings. The van der Waals surface area contributed by atoms with E-state index in [4.69, 9.17) is 5.11 Å². The molecule has 26 heavy (non-hydrogen) atoms. The van der Waals surface area contributed by atoms with Gasteiger partial charge in [0.2, 0.25) is 0 Å². The van der Waals surface area contributed by atoms with Crippen LogP contribution >= 0.6 is 0 Å². The molecule has 1 fully saturated rings. The first kappa shape index (κ1) is 22.7. The van der Waals surface area contributed by atoms with Gasteiger partial charge in [-0.1, -0.05) is 56.6 Å². The van der Waals surface area contributed by atoms with Gasteiger partial charge in [0.25, 0.3) is 5.79 Å². The first-order valence-electron chi connectivity index (χ1n) is 10.0. The molecule has 0 aromatic carbocycles. The first-order chi connectivity index (χ1) is 12.4. The molecule has 0 aromatic rings. The Labute approximate surface area is 158 Å². The van der Waals surface area contributed by atoms with Gasteiger partial charge >= 0.3 is 5.97 Å². The summed E-state index contributed by atoms with van der Waals surface area (Å²) in [6.45, 7) is 6.17. The summed E-state index contributed by atoms with van der Waals surface area (Å²) in [4.78, 5) is 10.6. The van der Waals surface area contributed by atoms with Gasteiger partial charge in [0.05, 0.1) is 0 Å². The molecule has 1 aliphatic carbocycles. The van der Waals surface area contributed by atoms with Crippen molar-refractivity contribution >= 4 is 5.97 Å². The van der Waals surface area contributed by atoms with Gasteiger partial charge in [-0.25, -0.2) is 4.79 Å². The molecule has 3 atom stereocenters. The molecule has 3 N–H and O–H groups in total. The monoisotopic (exact) mass is 364 g/mol. The van der Waals surface area contributed by atoms with Crippen molar-refractivity contribution in [2.24, 2.45) is 17.8 Å². The lowest BCUT2D eigenvalue weighted by Crippen LogP contribution is -2.37. The number of allylic oxidation sites excluding steroid dienone is 5. The largest absolute Gasteiger partial charge is 0.477 e. The minimum atomic E-state index is -2.62. The van der Waals surface area contributed by atoms with Crippen LogP contribution in [0.15, 0.2) is 37.0 Å². The fourth-order valence-electron chi connectivity index (χ4n) is 3.62. The van der Waals surface area contributed by atoms with E-state index in [0.717, 1.165) is 12.8 Å². The first-order valence-corrected chi connectivity index (χ1v) is 10.0. The van der Waals surface area contributed by atoms with Crippen LogP contribution in [0.2, 0.25) is 0 Å². The summed E-state index contributed by atoms with van der Waals surface area (Å²) in [5.41, 5.74) is 0. The molecule has 0 amide bonds. The number of carboxylic acid groups (broad SMARTS) is 1. The number of carboxylic acids is 1. The topological polar surface area (TPSA) is 77.8 Å². The molecule has 1 saturated carbocycles. The highest BCUT2D eigenvalue weighted by Crippen LogP contribution is 2.35. The molecule has 1 rings (SSSR count). The summed E-state index contributed by atoms with van der Waals surface area (Å²) >= 11 is 0. The number of carbonyl (C=O) groups is 1. The minimum absolute atomic E-state index is 0.187. The van der Waals surface area contributed by atoms with Gasteiger partial charge in [0.15, 0.2) is 0 Å². The predicted octanol–water partition coefficient (Wildman–Crippen LogP) is 4.83. The van der Waals surface area contributed by atoms with Crippen molar-refractivity contribution in [3.05, 3.63) is 37.0 Å². The van der Waals surface area contributed by atoms with Crippen LogP contribution in [0.4, 0.5) is 0 Å². The summed E-state index contributed by atoms with van der Waals surface area (Å²) in [5.74, 6) is -2.39. The average molecular weight is 365 g/mol. The van der Waals surface area contributed by atoms with Crippen LogP contribution < -0.4 is 0 Å². The molecule has 0 heterocycles. The standard InChI is InChI=1S/C22H36O4/c1-3-5-11-18(4-2)12-9-14-20-16-10-15-19(20)13-7-6-8-17-22(25,26)21(23)24/h4,6-7,9,14,18-20,25-26H,2-3,5,8,10-13,15-17H2,1H3,(H,23,24)/b7-6-,14-9+/t18-,19+,20+/m1/s1. The number of aliphatic hydroxyl groups is 2. The molecule has 0 unspecified atom stereocenters. The zero-order valence-electron chi connectivity index (χ0n) is 16.1. The maximum absolute atomic E-state index is 10.6. The third-order valence-corrected chi connectivity index (χ3v) is 5.41. The second kappa shape index (κ2) is 12.1. The Balaban J connectivity index is 2.36. The predicted molar refractivity (Wildman–Crippen MR) is 106 cm³/mol. The Kier molecular flexibility index (Phi) is 10.5. The second-order valence-electron chi connectivity index (χ2n) is 7.52. The van der Waals surface area contributed by atoms with Crippen molar-refractivity contribution in [3.8, 4) is 0 Å². The molecule has 0 aliphatic heterocycles. The van der Waals surface area contributed by atoms with Crippen molar-refractivity contribution in [3.63, 3.8) is 0 Å².